The van der Waals surface area contributed by atoms with Crippen molar-refractivity contribution in [3.8, 4) is 5.75 Å². The van der Waals surface area contributed by atoms with Crippen molar-refractivity contribution in [1.82, 2.24) is 9.88 Å². The molecule has 1 aliphatic rings. The number of primary amides is 1. The van der Waals surface area contributed by atoms with Gasteiger partial charge in [0, 0.05) is 18.7 Å². The van der Waals surface area contributed by atoms with E-state index in [0.29, 0.717) is 5.75 Å². The molecule has 1 saturated heterocycles. The van der Waals surface area contributed by atoms with Gasteiger partial charge in [-0.25, -0.2) is 0 Å². The second-order valence-electron chi connectivity index (χ2n) is 4.89. The number of alkyl halides is 3. The summed E-state index contributed by atoms with van der Waals surface area (Å²) in [5.74, 6) is -0.871. The molecule has 0 spiro atoms. The molecule has 0 aliphatic carbocycles. The molecule has 22 heavy (non-hydrogen) atoms. The molecule has 0 aromatic carbocycles. The zero-order valence-electron chi connectivity index (χ0n) is 11.5. The van der Waals surface area contributed by atoms with Crippen LogP contribution in [-0.4, -0.2) is 47.1 Å². The van der Waals surface area contributed by atoms with Crippen LogP contribution in [-0.2, 0) is 4.79 Å². The standard InChI is InChI=1S/C13H14F3N3O3/c14-13(15,16)3-1-11(20)19-6-9(7-19)22-8-2-4-18-10(5-8)12(17)21/h2,4-5,9H,1,3,6-7H2,(H2,17,21). The molecule has 2 amide bonds. The summed E-state index contributed by atoms with van der Waals surface area (Å²) >= 11 is 0. The largest absolute Gasteiger partial charge is 0.487 e. The van der Waals surface area contributed by atoms with Crippen LogP contribution in [0.4, 0.5) is 13.2 Å². The first kappa shape index (κ1) is 16.1. The third-order valence-corrected chi connectivity index (χ3v) is 3.11. The van der Waals surface area contributed by atoms with Crippen LogP contribution in [0.5, 0.6) is 5.75 Å². The van der Waals surface area contributed by atoms with Crippen molar-refractivity contribution in [2.75, 3.05) is 13.1 Å². The van der Waals surface area contributed by atoms with Gasteiger partial charge < -0.3 is 15.4 Å². The van der Waals surface area contributed by atoms with Crippen molar-refractivity contribution >= 4 is 11.8 Å². The fourth-order valence-corrected chi connectivity index (χ4v) is 1.93. The lowest BCUT2D eigenvalue weighted by Gasteiger charge is -2.39. The number of aromatic nitrogens is 1. The highest BCUT2D eigenvalue weighted by atomic mass is 19.4. The van der Waals surface area contributed by atoms with Gasteiger partial charge in [-0.1, -0.05) is 0 Å². The fraction of sp³-hybridized carbons (Fsp3) is 0.462. The Kier molecular flexibility index (Phi) is 4.53. The number of amides is 2. The smallest absolute Gasteiger partial charge is 0.389 e. The summed E-state index contributed by atoms with van der Waals surface area (Å²) in [6, 6.07) is 2.90. The Balaban J connectivity index is 1.78. The van der Waals surface area contributed by atoms with Gasteiger partial charge in [-0.05, 0) is 6.07 Å². The van der Waals surface area contributed by atoms with Crippen molar-refractivity contribution in [2.45, 2.75) is 25.1 Å². The minimum atomic E-state index is -4.33. The van der Waals surface area contributed by atoms with Gasteiger partial charge >= 0.3 is 6.18 Å². The van der Waals surface area contributed by atoms with Crippen molar-refractivity contribution in [3.05, 3.63) is 24.0 Å². The average molecular weight is 317 g/mol. The first-order valence-electron chi connectivity index (χ1n) is 6.51. The number of nitrogens with zero attached hydrogens (tertiary/aromatic N) is 2. The molecule has 0 unspecified atom stereocenters. The van der Waals surface area contributed by atoms with Crippen LogP contribution in [0.1, 0.15) is 23.3 Å². The Morgan fingerprint density at radius 3 is 2.68 bits per heavy atom. The molecule has 1 aliphatic heterocycles. The molecule has 2 rings (SSSR count). The maximum absolute atomic E-state index is 12.0. The van der Waals surface area contributed by atoms with Gasteiger partial charge in [0.1, 0.15) is 17.5 Å². The lowest BCUT2D eigenvalue weighted by Crippen LogP contribution is -2.56. The monoisotopic (exact) mass is 317 g/mol. The molecular formula is C13H14F3N3O3. The second-order valence-corrected chi connectivity index (χ2v) is 4.89. The van der Waals surface area contributed by atoms with E-state index < -0.39 is 30.8 Å². The number of ether oxygens (including phenoxy) is 1. The van der Waals surface area contributed by atoms with Crippen molar-refractivity contribution in [3.63, 3.8) is 0 Å². The minimum Gasteiger partial charge on any atom is -0.487 e. The maximum atomic E-state index is 12.0. The quantitative estimate of drug-likeness (QED) is 0.881. The summed E-state index contributed by atoms with van der Waals surface area (Å²) in [5.41, 5.74) is 5.14. The van der Waals surface area contributed by atoms with Crippen LogP contribution < -0.4 is 10.5 Å². The van der Waals surface area contributed by atoms with E-state index in [1.807, 2.05) is 0 Å². The van der Waals surface area contributed by atoms with E-state index in [4.69, 9.17) is 10.5 Å². The molecule has 6 nitrogen and oxygen atoms in total. The Bertz CT molecular complexity index is 571. The number of hydrogen-bond donors (Lipinski definition) is 1. The second kappa shape index (κ2) is 6.20. The third kappa shape index (κ3) is 4.34. The van der Waals surface area contributed by atoms with Gasteiger partial charge in [-0.15, -0.1) is 0 Å². The lowest BCUT2D eigenvalue weighted by atomic mass is 10.1. The number of rotatable bonds is 5. The Morgan fingerprint density at radius 2 is 2.09 bits per heavy atom. The number of nitrogens with two attached hydrogens (primary N) is 1. The number of halogens is 3. The summed E-state index contributed by atoms with van der Waals surface area (Å²) in [6.07, 6.45) is -4.98. The Morgan fingerprint density at radius 1 is 1.41 bits per heavy atom. The predicted octanol–water partition coefficient (Wildman–Crippen LogP) is 1.11. The van der Waals surface area contributed by atoms with E-state index in [1.165, 1.54) is 23.2 Å². The lowest BCUT2D eigenvalue weighted by molar-refractivity contribution is -0.154. The van der Waals surface area contributed by atoms with Gasteiger partial charge in [0.15, 0.2) is 0 Å². The van der Waals surface area contributed by atoms with Crippen molar-refractivity contribution in [2.24, 2.45) is 5.73 Å². The van der Waals surface area contributed by atoms with E-state index in [9.17, 15) is 22.8 Å². The van der Waals surface area contributed by atoms with Gasteiger partial charge in [-0.3, -0.25) is 14.6 Å². The number of carbonyl (C=O) groups is 2. The zero-order chi connectivity index (χ0) is 16.3. The SMILES string of the molecule is NC(=O)c1cc(OC2CN(C(=O)CCC(F)(F)F)C2)ccn1. The first-order chi connectivity index (χ1) is 10.2. The topological polar surface area (TPSA) is 85.5 Å². The molecule has 0 bridgehead atoms. The fourth-order valence-electron chi connectivity index (χ4n) is 1.93. The normalized spacial score (nSPS) is 15.3. The molecule has 9 heteroatoms. The number of hydrogen-bond acceptors (Lipinski definition) is 4. The van der Waals surface area contributed by atoms with Gasteiger partial charge in [0.2, 0.25) is 5.91 Å². The molecule has 0 saturated carbocycles. The average Bonchev–Trinajstić information content (AvgIpc) is 2.39. The van der Waals surface area contributed by atoms with Gasteiger partial charge in [0.25, 0.3) is 5.91 Å². The highest BCUT2D eigenvalue weighted by Crippen LogP contribution is 2.24. The maximum Gasteiger partial charge on any atom is 0.389 e. The van der Waals surface area contributed by atoms with Crippen LogP contribution in [0.3, 0.4) is 0 Å². The summed E-state index contributed by atoms with van der Waals surface area (Å²) in [7, 11) is 0. The Labute approximate surface area is 124 Å². The Hall–Kier alpha value is -2.32. The van der Waals surface area contributed by atoms with Crippen molar-refractivity contribution < 1.29 is 27.5 Å². The van der Waals surface area contributed by atoms with Gasteiger partial charge in [0.05, 0.1) is 19.5 Å². The van der Waals surface area contributed by atoms with Crippen LogP contribution in [0.15, 0.2) is 18.3 Å². The summed E-state index contributed by atoms with van der Waals surface area (Å²) < 4.78 is 41.6. The molecule has 0 atom stereocenters. The van der Waals surface area contributed by atoms with Gasteiger partial charge in [-0.2, -0.15) is 13.2 Å². The van der Waals surface area contributed by atoms with E-state index >= 15 is 0 Å². The molecule has 2 heterocycles. The summed E-state index contributed by atoms with van der Waals surface area (Å²) in [5, 5.41) is 0. The number of likely N-dealkylation sites (tertiary alicyclic amines) is 1. The van der Waals surface area contributed by atoms with Crippen molar-refractivity contribution in [1.29, 1.82) is 0 Å². The number of carbonyl (C=O) groups excluding carboxylic acids is 2. The number of pyridine rings is 1. The minimum absolute atomic E-state index is 0.0509. The van der Waals surface area contributed by atoms with E-state index in [1.54, 1.807) is 0 Å². The van der Waals surface area contributed by atoms with E-state index in [-0.39, 0.29) is 24.9 Å². The van der Waals surface area contributed by atoms with Crippen LogP contribution in [0.2, 0.25) is 0 Å². The molecule has 0 radical (unpaired) electrons. The van der Waals surface area contributed by atoms with E-state index in [0.717, 1.165) is 0 Å². The third-order valence-electron chi connectivity index (χ3n) is 3.11. The molecule has 1 fully saturated rings. The molecule has 1 aromatic heterocycles. The molecule has 1 aromatic rings. The molecule has 2 N–H and O–H groups in total. The highest BCUT2D eigenvalue weighted by Gasteiger charge is 2.35. The molecule has 120 valence electrons. The zero-order valence-corrected chi connectivity index (χ0v) is 11.5. The van der Waals surface area contributed by atoms with Crippen LogP contribution >= 0.6 is 0 Å². The van der Waals surface area contributed by atoms with Crippen LogP contribution in [0.25, 0.3) is 0 Å². The highest BCUT2D eigenvalue weighted by molar-refractivity contribution is 5.91. The summed E-state index contributed by atoms with van der Waals surface area (Å²) in [4.78, 5) is 27.5. The summed E-state index contributed by atoms with van der Waals surface area (Å²) in [6.45, 7) is 0.426. The predicted molar refractivity (Wildman–Crippen MR) is 69.0 cm³/mol. The van der Waals surface area contributed by atoms with Crippen LogP contribution in [0, 0.1) is 0 Å². The first-order valence-corrected chi connectivity index (χ1v) is 6.51. The van der Waals surface area contributed by atoms with E-state index in [2.05, 4.69) is 4.98 Å². The molecular weight excluding hydrogens is 303 g/mol.